The number of aromatic hydroxyl groups is 2. The lowest BCUT2D eigenvalue weighted by Gasteiger charge is -1.89. The van der Waals surface area contributed by atoms with Crippen molar-refractivity contribution in [3.8, 4) is 11.8 Å². The Morgan fingerprint density at radius 1 is 0.944 bits per heavy atom. The van der Waals surface area contributed by atoms with Crippen molar-refractivity contribution in [2.45, 2.75) is 0 Å². The number of aromatic nitrogens is 4. The summed E-state index contributed by atoms with van der Waals surface area (Å²) in [4.78, 5) is 31.3. The fourth-order valence-electron chi connectivity index (χ4n) is 0.904. The van der Waals surface area contributed by atoms with Crippen molar-refractivity contribution in [3.63, 3.8) is 0 Å². The number of rotatable bonds is 4. The molecule has 0 saturated heterocycles. The van der Waals surface area contributed by atoms with E-state index in [1.807, 2.05) is 0 Å². The minimum absolute atomic E-state index is 0.206. The van der Waals surface area contributed by atoms with Crippen molar-refractivity contribution in [3.05, 3.63) is 12.7 Å². The maximum Gasteiger partial charge on any atom is 0.254 e. The number of amides is 2. The van der Waals surface area contributed by atoms with Crippen LogP contribution in [-0.4, -0.2) is 43.0 Å². The molecule has 96 valence electrons. The van der Waals surface area contributed by atoms with E-state index in [1.165, 1.54) is 12.7 Å². The Morgan fingerprint density at radius 2 is 1.33 bits per heavy atom. The third-order valence-electron chi connectivity index (χ3n) is 1.65. The SMILES string of the molecule is O=CNc1[nH]cnc1O.O=CNc1[nH]cnc1O. The van der Waals surface area contributed by atoms with Crippen LogP contribution in [-0.2, 0) is 9.59 Å². The number of H-pyrrole nitrogens is 2. The second kappa shape index (κ2) is 6.52. The Labute approximate surface area is 100 Å². The van der Waals surface area contributed by atoms with Gasteiger partial charge in [0, 0.05) is 0 Å². The quantitative estimate of drug-likeness (QED) is 0.399. The van der Waals surface area contributed by atoms with E-state index < -0.39 is 0 Å². The van der Waals surface area contributed by atoms with E-state index in [1.54, 1.807) is 0 Å². The van der Waals surface area contributed by atoms with Crippen molar-refractivity contribution >= 4 is 24.5 Å². The van der Waals surface area contributed by atoms with Crippen LogP contribution in [0.2, 0.25) is 0 Å². The molecule has 0 fully saturated rings. The first-order valence-electron chi connectivity index (χ1n) is 4.54. The van der Waals surface area contributed by atoms with Crippen LogP contribution in [0, 0.1) is 0 Å². The zero-order valence-corrected chi connectivity index (χ0v) is 8.91. The lowest BCUT2D eigenvalue weighted by atomic mass is 10.7. The third-order valence-corrected chi connectivity index (χ3v) is 1.65. The fraction of sp³-hybridized carbons (Fsp3) is 0. The zero-order valence-electron chi connectivity index (χ0n) is 8.91. The maximum absolute atomic E-state index is 9.75. The van der Waals surface area contributed by atoms with Crippen LogP contribution in [0.5, 0.6) is 11.8 Å². The Balaban J connectivity index is 0.000000180. The van der Waals surface area contributed by atoms with Crippen LogP contribution >= 0.6 is 0 Å². The van der Waals surface area contributed by atoms with Crippen LogP contribution in [0.25, 0.3) is 0 Å². The summed E-state index contributed by atoms with van der Waals surface area (Å²) in [5.74, 6) is 0.0131. The van der Waals surface area contributed by atoms with Crippen LogP contribution in [0.1, 0.15) is 0 Å². The molecule has 0 aromatic carbocycles. The molecule has 2 amide bonds. The van der Waals surface area contributed by atoms with Gasteiger partial charge in [-0.05, 0) is 0 Å². The maximum atomic E-state index is 9.75. The highest BCUT2D eigenvalue weighted by Crippen LogP contribution is 2.14. The predicted molar refractivity (Wildman–Crippen MR) is 59.9 cm³/mol. The van der Waals surface area contributed by atoms with Gasteiger partial charge in [0.15, 0.2) is 11.6 Å². The molecule has 0 aliphatic heterocycles. The molecule has 0 aliphatic rings. The molecular weight excluding hydrogens is 244 g/mol. The van der Waals surface area contributed by atoms with Gasteiger partial charge < -0.3 is 30.8 Å². The smallest absolute Gasteiger partial charge is 0.254 e. The number of carbonyl (C=O) groups is 2. The van der Waals surface area contributed by atoms with Gasteiger partial charge in [0.25, 0.3) is 11.8 Å². The van der Waals surface area contributed by atoms with E-state index in [9.17, 15) is 9.59 Å². The summed E-state index contributed by atoms with van der Waals surface area (Å²) in [7, 11) is 0. The van der Waals surface area contributed by atoms with E-state index in [0.717, 1.165) is 0 Å². The molecule has 0 radical (unpaired) electrons. The summed E-state index contributed by atoms with van der Waals surface area (Å²) in [5, 5.41) is 21.9. The van der Waals surface area contributed by atoms with Gasteiger partial charge in [0.05, 0.1) is 12.7 Å². The lowest BCUT2D eigenvalue weighted by molar-refractivity contribution is -0.106. The molecule has 0 saturated carbocycles. The van der Waals surface area contributed by atoms with Crippen LogP contribution in [0.15, 0.2) is 12.7 Å². The summed E-state index contributed by atoms with van der Waals surface area (Å²) in [5.41, 5.74) is 0. The van der Waals surface area contributed by atoms with Crippen LogP contribution in [0.3, 0.4) is 0 Å². The van der Waals surface area contributed by atoms with Crippen LogP contribution < -0.4 is 10.6 Å². The molecule has 18 heavy (non-hydrogen) atoms. The number of nitrogens with one attached hydrogen (secondary N) is 4. The minimum Gasteiger partial charge on any atom is -0.491 e. The van der Waals surface area contributed by atoms with Gasteiger partial charge in [0.2, 0.25) is 12.8 Å². The molecule has 0 bridgehead atoms. The fourth-order valence-corrected chi connectivity index (χ4v) is 0.904. The predicted octanol–water partition coefficient (Wildman–Crippen LogP) is -0.633. The van der Waals surface area contributed by atoms with Crippen molar-refractivity contribution in [1.82, 2.24) is 19.9 Å². The molecule has 6 N–H and O–H groups in total. The van der Waals surface area contributed by atoms with Crippen molar-refractivity contribution < 1.29 is 19.8 Å². The van der Waals surface area contributed by atoms with Gasteiger partial charge >= 0.3 is 0 Å². The number of nitrogens with zero attached hydrogens (tertiary/aromatic N) is 2. The third kappa shape index (κ3) is 3.52. The number of hydrogen-bond acceptors (Lipinski definition) is 6. The molecular formula is C8H10N6O4. The van der Waals surface area contributed by atoms with E-state index in [2.05, 4.69) is 30.6 Å². The highest BCUT2D eigenvalue weighted by Gasteiger charge is 1.99. The largest absolute Gasteiger partial charge is 0.491 e. The molecule has 0 aliphatic carbocycles. The Kier molecular flexibility index (Phi) is 4.72. The topological polar surface area (TPSA) is 156 Å². The Morgan fingerprint density at radius 3 is 1.56 bits per heavy atom. The highest BCUT2D eigenvalue weighted by atomic mass is 16.3. The molecule has 0 spiro atoms. The van der Waals surface area contributed by atoms with Crippen molar-refractivity contribution in [2.75, 3.05) is 10.6 Å². The number of imidazole rings is 2. The standard InChI is InChI=1S/2C4H5N3O2/c2*8-2-7-3-4(9)6-1-5-3/h2*1-2,9H,(H,5,6)(H,7,8). The molecule has 2 rings (SSSR count). The van der Waals surface area contributed by atoms with Gasteiger partial charge in [-0.25, -0.2) is 9.97 Å². The summed E-state index contributed by atoms with van der Waals surface area (Å²) in [6, 6.07) is 0. The van der Waals surface area contributed by atoms with Crippen molar-refractivity contribution in [1.29, 1.82) is 0 Å². The molecule has 0 unspecified atom stereocenters. The second-order valence-electron chi connectivity index (χ2n) is 2.73. The van der Waals surface area contributed by atoms with E-state index >= 15 is 0 Å². The Hall–Kier alpha value is -3.04. The van der Waals surface area contributed by atoms with Gasteiger partial charge in [-0.3, -0.25) is 9.59 Å². The summed E-state index contributed by atoms with van der Waals surface area (Å²) in [6.45, 7) is 0. The number of carbonyl (C=O) groups excluding carboxylic acids is 2. The number of anilines is 2. The molecule has 10 heteroatoms. The highest BCUT2D eigenvalue weighted by molar-refractivity contribution is 5.71. The first-order chi connectivity index (χ1) is 8.69. The van der Waals surface area contributed by atoms with Gasteiger partial charge in [-0.15, -0.1) is 0 Å². The lowest BCUT2D eigenvalue weighted by Crippen LogP contribution is -1.93. The molecule has 2 heterocycles. The monoisotopic (exact) mass is 254 g/mol. The van der Waals surface area contributed by atoms with Gasteiger partial charge in [-0.1, -0.05) is 0 Å². The number of hydrogen-bond donors (Lipinski definition) is 6. The van der Waals surface area contributed by atoms with E-state index in [-0.39, 0.29) is 23.4 Å². The van der Waals surface area contributed by atoms with E-state index in [0.29, 0.717) is 12.8 Å². The molecule has 2 aromatic rings. The summed E-state index contributed by atoms with van der Waals surface area (Å²) < 4.78 is 0. The van der Waals surface area contributed by atoms with Gasteiger partial charge in [0.1, 0.15) is 0 Å². The molecule has 10 nitrogen and oxygen atoms in total. The normalized spacial score (nSPS) is 8.89. The van der Waals surface area contributed by atoms with Crippen molar-refractivity contribution in [2.24, 2.45) is 0 Å². The average molecular weight is 254 g/mol. The average Bonchev–Trinajstić information content (AvgIpc) is 2.92. The molecule has 2 aromatic heterocycles. The molecule has 0 atom stereocenters. The second-order valence-corrected chi connectivity index (χ2v) is 2.73. The summed E-state index contributed by atoms with van der Waals surface area (Å²) in [6.07, 6.45) is 3.46. The van der Waals surface area contributed by atoms with Crippen LogP contribution in [0.4, 0.5) is 11.6 Å². The van der Waals surface area contributed by atoms with E-state index in [4.69, 9.17) is 10.2 Å². The zero-order chi connectivity index (χ0) is 13.4. The first-order valence-corrected chi connectivity index (χ1v) is 4.54. The minimum atomic E-state index is -0.206. The Bertz CT molecular complexity index is 461. The van der Waals surface area contributed by atoms with Gasteiger partial charge in [-0.2, -0.15) is 0 Å². The first kappa shape index (κ1) is 13.0. The number of aromatic amines is 2. The summed E-state index contributed by atoms with van der Waals surface area (Å²) >= 11 is 0.